The summed E-state index contributed by atoms with van der Waals surface area (Å²) in [5.74, 6) is 0. The average Bonchev–Trinajstić information content (AvgIpc) is 2.26. The molecule has 0 amide bonds. The number of hydrogen-bond acceptors (Lipinski definition) is 4. The Labute approximate surface area is 98.1 Å². The standard InChI is InChI=1S/C10H12ClNO4/c1-15-4-5-16-7-8-2-3-9(11)10(6-8)12(13)14/h2-3,6H,4-5,7H2,1H3. The third-order valence-electron chi connectivity index (χ3n) is 1.91. The average molecular weight is 246 g/mol. The molecule has 0 aliphatic rings. The first-order chi connectivity index (χ1) is 7.65. The van der Waals surface area contributed by atoms with Crippen LogP contribution in [0.2, 0.25) is 5.02 Å². The number of methoxy groups -OCH3 is 1. The van der Waals surface area contributed by atoms with Crippen molar-refractivity contribution in [3.8, 4) is 0 Å². The van der Waals surface area contributed by atoms with E-state index in [9.17, 15) is 10.1 Å². The van der Waals surface area contributed by atoms with E-state index in [0.717, 1.165) is 0 Å². The van der Waals surface area contributed by atoms with Gasteiger partial charge in [-0.05, 0) is 11.6 Å². The van der Waals surface area contributed by atoms with E-state index in [-0.39, 0.29) is 10.7 Å². The molecule has 0 fully saturated rings. The van der Waals surface area contributed by atoms with Crippen LogP contribution in [0.1, 0.15) is 5.56 Å². The Morgan fingerprint density at radius 3 is 2.81 bits per heavy atom. The second-order valence-corrected chi connectivity index (χ2v) is 3.50. The van der Waals surface area contributed by atoms with Gasteiger partial charge in [0.25, 0.3) is 5.69 Å². The number of nitro groups is 1. The quantitative estimate of drug-likeness (QED) is 0.439. The molecule has 88 valence electrons. The van der Waals surface area contributed by atoms with E-state index < -0.39 is 4.92 Å². The number of halogens is 1. The highest BCUT2D eigenvalue weighted by Gasteiger charge is 2.12. The second-order valence-electron chi connectivity index (χ2n) is 3.09. The summed E-state index contributed by atoms with van der Waals surface area (Å²) in [5.41, 5.74) is 0.613. The van der Waals surface area contributed by atoms with E-state index in [1.54, 1.807) is 13.2 Å². The minimum Gasteiger partial charge on any atom is -0.382 e. The summed E-state index contributed by atoms with van der Waals surface area (Å²) in [4.78, 5) is 10.1. The van der Waals surface area contributed by atoms with Gasteiger partial charge in [0.1, 0.15) is 5.02 Å². The Morgan fingerprint density at radius 2 is 2.19 bits per heavy atom. The highest BCUT2D eigenvalue weighted by molar-refractivity contribution is 6.32. The lowest BCUT2D eigenvalue weighted by Crippen LogP contribution is -2.02. The highest BCUT2D eigenvalue weighted by atomic mass is 35.5. The van der Waals surface area contributed by atoms with Gasteiger partial charge in [0.15, 0.2) is 0 Å². The third kappa shape index (κ3) is 3.77. The van der Waals surface area contributed by atoms with Crippen LogP contribution in [0, 0.1) is 10.1 Å². The first kappa shape index (κ1) is 12.9. The maximum absolute atomic E-state index is 10.6. The lowest BCUT2D eigenvalue weighted by molar-refractivity contribution is -0.384. The van der Waals surface area contributed by atoms with Crippen molar-refractivity contribution in [2.75, 3.05) is 20.3 Å². The second kappa shape index (κ2) is 6.42. The fourth-order valence-electron chi connectivity index (χ4n) is 1.12. The Bertz CT molecular complexity index is 370. The molecular weight excluding hydrogens is 234 g/mol. The lowest BCUT2D eigenvalue weighted by Gasteiger charge is -2.04. The Balaban J connectivity index is 2.61. The van der Waals surface area contributed by atoms with Crippen LogP contribution in [0.3, 0.4) is 0 Å². The van der Waals surface area contributed by atoms with Crippen molar-refractivity contribution in [1.29, 1.82) is 0 Å². The molecule has 0 saturated heterocycles. The molecule has 0 heterocycles. The summed E-state index contributed by atoms with van der Waals surface area (Å²) in [6.45, 7) is 1.25. The van der Waals surface area contributed by atoms with Crippen LogP contribution >= 0.6 is 11.6 Å². The first-order valence-corrected chi connectivity index (χ1v) is 5.02. The van der Waals surface area contributed by atoms with Gasteiger partial charge in [-0.2, -0.15) is 0 Å². The number of ether oxygens (including phenoxy) is 2. The smallest absolute Gasteiger partial charge is 0.288 e. The van der Waals surface area contributed by atoms with Gasteiger partial charge < -0.3 is 9.47 Å². The predicted octanol–water partition coefficient (Wildman–Crippen LogP) is 2.41. The van der Waals surface area contributed by atoms with Crippen LogP contribution in [0.4, 0.5) is 5.69 Å². The summed E-state index contributed by atoms with van der Waals surface area (Å²) < 4.78 is 10.1. The Morgan fingerprint density at radius 1 is 1.44 bits per heavy atom. The van der Waals surface area contributed by atoms with E-state index in [1.165, 1.54) is 12.1 Å². The fraction of sp³-hybridized carbons (Fsp3) is 0.400. The molecule has 16 heavy (non-hydrogen) atoms. The van der Waals surface area contributed by atoms with E-state index in [0.29, 0.717) is 25.4 Å². The van der Waals surface area contributed by atoms with Gasteiger partial charge in [0.05, 0.1) is 24.7 Å². The monoisotopic (exact) mass is 245 g/mol. The maximum Gasteiger partial charge on any atom is 0.288 e. The summed E-state index contributed by atoms with van der Waals surface area (Å²) in [6.07, 6.45) is 0. The van der Waals surface area contributed by atoms with Gasteiger partial charge in [-0.15, -0.1) is 0 Å². The molecule has 5 nitrogen and oxygen atoms in total. The van der Waals surface area contributed by atoms with Gasteiger partial charge in [-0.1, -0.05) is 17.7 Å². The summed E-state index contributed by atoms with van der Waals surface area (Å²) in [7, 11) is 1.58. The van der Waals surface area contributed by atoms with Gasteiger partial charge in [0.2, 0.25) is 0 Å². The molecule has 0 saturated carbocycles. The maximum atomic E-state index is 10.6. The van der Waals surface area contributed by atoms with Crippen LogP contribution in [0.25, 0.3) is 0 Å². The predicted molar refractivity (Wildman–Crippen MR) is 59.6 cm³/mol. The summed E-state index contributed by atoms with van der Waals surface area (Å²) in [5, 5.41) is 10.7. The normalized spacial score (nSPS) is 10.4. The zero-order chi connectivity index (χ0) is 12.0. The molecule has 0 unspecified atom stereocenters. The molecule has 0 aliphatic heterocycles. The molecule has 0 aromatic heterocycles. The zero-order valence-corrected chi connectivity index (χ0v) is 9.57. The molecule has 6 heteroatoms. The molecule has 1 aromatic rings. The molecular formula is C10H12ClNO4. The fourth-order valence-corrected chi connectivity index (χ4v) is 1.31. The first-order valence-electron chi connectivity index (χ1n) is 4.64. The van der Waals surface area contributed by atoms with Gasteiger partial charge in [0, 0.05) is 13.2 Å². The van der Waals surface area contributed by atoms with Crippen LogP contribution in [0.15, 0.2) is 18.2 Å². The van der Waals surface area contributed by atoms with Gasteiger partial charge in [-0.3, -0.25) is 10.1 Å². The van der Waals surface area contributed by atoms with Crippen LogP contribution in [0.5, 0.6) is 0 Å². The van der Waals surface area contributed by atoms with Gasteiger partial charge in [-0.25, -0.2) is 0 Å². The van der Waals surface area contributed by atoms with Gasteiger partial charge >= 0.3 is 0 Å². The number of hydrogen-bond donors (Lipinski definition) is 0. The number of benzene rings is 1. The van der Waals surface area contributed by atoms with Crippen molar-refractivity contribution in [2.45, 2.75) is 6.61 Å². The van der Waals surface area contributed by atoms with E-state index in [4.69, 9.17) is 21.1 Å². The highest BCUT2D eigenvalue weighted by Crippen LogP contribution is 2.25. The van der Waals surface area contributed by atoms with Crippen LogP contribution in [-0.4, -0.2) is 25.2 Å². The van der Waals surface area contributed by atoms with Crippen molar-refractivity contribution < 1.29 is 14.4 Å². The largest absolute Gasteiger partial charge is 0.382 e. The van der Waals surface area contributed by atoms with Crippen LogP contribution in [-0.2, 0) is 16.1 Å². The molecule has 1 aromatic carbocycles. The molecule has 0 spiro atoms. The van der Waals surface area contributed by atoms with E-state index >= 15 is 0 Å². The minimum atomic E-state index is -0.513. The Hall–Kier alpha value is -1.17. The molecule has 1 rings (SSSR count). The van der Waals surface area contributed by atoms with Crippen molar-refractivity contribution in [3.05, 3.63) is 38.9 Å². The SMILES string of the molecule is COCCOCc1ccc(Cl)c([N+](=O)[O-])c1. The third-order valence-corrected chi connectivity index (χ3v) is 2.23. The molecule has 0 radical (unpaired) electrons. The van der Waals surface area contributed by atoms with Crippen molar-refractivity contribution in [3.63, 3.8) is 0 Å². The van der Waals surface area contributed by atoms with E-state index in [1.807, 2.05) is 0 Å². The molecule has 0 N–H and O–H groups in total. The topological polar surface area (TPSA) is 61.6 Å². The summed E-state index contributed by atoms with van der Waals surface area (Å²) >= 11 is 5.67. The van der Waals surface area contributed by atoms with Crippen molar-refractivity contribution >= 4 is 17.3 Å². The number of rotatable bonds is 6. The number of nitrogens with zero attached hydrogens (tertiary/aromatic N) is 1. The number of nitro benzene ring substituents is 1. The Kier molecular flexibility index (Phi) is 5.18. The molecule has 0 aliphatic carbocycles. The van der Waals surface area contributed by atoms with Crippen LogP contribution < -0.4 is 0 Å². The lowest BCUT2D eigenvalue weighted by atomic mass is 10.2. The molecule has 0 bridgehead atoms. The minimum absolute atomic E-state index is 0.102. The molecule has 0 atom stereocenters. The van der Waals surface area contributed by atoms with Crippen molar-refractivity contribution in [1.82, 2.24) is 0 Å². The van der Waals surface area contributed by atoms with Crippen molar-refractivity contribution in [2.24, 2.45) is 0 Å². The summed E-state index contributed by atoms with van der Waals surface area (Å²) in [6, 6.07) is 4.60. The zero-order valence-electron chi connectivity index (χ0n) is 8.81. The van der Waals surface area contributed by atoms with E-state index in [2.05, 4.69) is 0 Å².